The van der Waals surface area contributed by atoms with Gasteiger partial charge in [-0.1, -0.05) is 101 Å². The summed E-state index contributed by atoms with van der Waals surface area (Å²) >= 11 is 18.6. The zero-order valence-corrected chi connectivity index (χ0v) is 39.0. The molecule has 64 heavy (non-hydrogen) atoms. The molecule has 2 fully saturated rings. The van der Waals surface area contributed by atoms with Gasteiger partial charge < -0.3 is 30.2 Å². The summed E-state index contributed by atoms with van der Waals surface area (Å²) in [6, 6.07) is 22.4. The van der Waals surface area contributed by atoms with E-state index in [0.29, 0.717) is 34.1 Å². The summed E-state index contributed by atoms with van der Waals surface area (Å²) in [7, 11) is 0. The van der Waals surface area contributed by atoms with Crippen LogP contribution in [0.3, 0.4) is 0 Å². The van der Waals surface area contributed by atoms with Crippen molar-refractivity contribution < 1.29 is 32.6 Å². The molecule has 4 atom stereocenters. The summed E-state index contributed by atoms with van der Waals surface area (Å²) in [5.74, 6) is -2.40. The van der Waals surface area contributed by atoms with Crippen LogP contribution in [0.15, 0.2) is 78.9 Å². The Hall–Kier alpha value is -4.95. The Morgan fingerprint density at radius 2 is 1.55 bits per heavy atom. The van der Waals surface area contributed by atoms with E-state index < -0.39 is 51.8 Å². The molecule has 1 aliphatic carbocycles. The number of halogens is 5. The van der Waals surface area contributed by atoms with Crippen molar-refractivity contribution in [1.82, 2.24) is 16.0 Å². The Kier molecular flexibility index (Phi) is 14.6. The molecule has 2 amide bonds. The van der Waals surface area contributed by atoms with E-state index in [1.54, 1.807) is 42.5 Å². The summed E-state index contributed by atoms with van der Waals surface area (Å²) in [5, 5.41) is 29.8. The Morgan fingerprint density at radius 1 is 0.859 bits per heavy atom. The average Bonchev–Trinajstić information content (AvgIpc) is 3.55. The molecule has 0 aromatic heterocycles. The second kappa shape index (κ2) is 19.3. The molecule has 6 rings (SSSR count). The quantitative estimate of drug-likeness (QED) is 0.1000. The second-order valence-corrected chi connectivity index (χ2v) is 20.0. The number of hydrogen-bond donors (Lipinski definition) is 3. The summed E-state index contributed by atoms with van der Waals surface area (Å²) in [6.45, 7) is 14.6. The molecule has 1 aliphatic heterocycles. The van der Waals surface area contributed by atoms with Gasteiger partial charge in [-0.3, -0.25) is 9.59 Å². The van der Waals surface area contributed by atoms with Crippen LogP contribution in [0.5, 0.6) is 11.5 Å². The van der Waals surface area contributed by atoms with Gasteiger partial charge >= 0.3 is 0 Å². The molecule has 4 aromatic carbocycles. The van der Waals surface area contributed by atoms with Crippen LogP contribution in [-0.2, 0) is 14.9 Å². The van der Waals surface area contributed by atoms with Gasteiger partial charge in [-0.25, -0.2) is 8.78 Å². The topological polar surface area (TPSA) is 146 Å². The molecule has 0 unspecified atom stereocenters. The Balaban J connectivity index is 1.02. The maximum Gasteiger partial charge on any atom is 0.251 e. The molecule has 2 aliphatic rings. The average molecular weight is 935 g/mol. The van der Waals surface area contributed by atoms with Crippen molar-refractivity contribution >= 4 is 46.6 Å². The van der Waals surface area contributed by atoms with E-state index in [1.165, 1.54) is 30.3 Å². The summed E-state index contributed by atoms with van der Waals surface area (Å²) in [5.41, 5.74) is -2.13. The minimum Gasteiger partial charge on any atom is -0.491 e. The largest absolute Gasteiger partial charge is 0.491 e. The van der Waals surface area contributed by atoms with Gasteiger partial charge in [0.25, 0.3) is 5.91 Å². The van der Waals surface area contributed by atoms with E-state index in [-0.39, 0.29) is 71.0 Å². The van der Waals surface area contributed by atoms with Crippen molar-refractivity contribution in [2.75, 3.05) is 26.4 Å². The number of benzene rings is 4. The molecular weight excluding hydrogens is 883 g/mol. The molecule has 10 nitrogen and oxygen atoms in total. The van der Waals surface area contributed by atoms with Gasteiger partial charge in [-0.05, 0) is 72.0 Å². The smallest absolute Gasteiger partial charge is 0.251 e. The van der Waals surface area contributed by atoms with Crippen molar-refractivity contribution in [1.29, 1.82) is 10.5 Å². The summed E-state index contributed by atoms with van der Waals surface area (Å²) < 4.78 is 49.8. The van der Waals surface area contributed by atoms with Crippen LogP contribution in [0.1, 0.15) is 87.9 Å². The van der Waals surface area contributed by atoms with Crippen LogP contribution in [-0.4, -0.2) is 62.4 Å². The predicted molar refractivity (Wildman–Crippen MR) is 243 cm³/mol. The van der Waals surface area contributed by atoms with Crippen LogP contribution >= 0.6 is 34.8 Å². The molecule has 1 heterocycles. The fourth-order valence-electron chi connectivity index (χ4n) is 9.75. The molecule has 1 saturated carbocycles. The highest BCUT2D eigenvalue weighted by Gasteiger charge is 2.64. The number of rotatable bonds is 15. The second-order valence-electron chi connectivity index (χ2n) is 18.8. The number of ether oxygens (including phenoxy) is 3. The normalized spacial score (nSPS) is 23.2. The number of carbonyl (C=O) groups excluding carboxylic acids is 2. The summed E-state index contributed by atoms with van der Waals surface area (Å²) in [6.07, 6.45) is 0.103. The lowest BCUT2D eigenvalue weighted by molar-refractivity contribution is -0.164. The third kappa shape index (κ3) is 9.83. The van der Waals surface area contributed by atoms with Crippen molar-refractivity contribution in [3.63, 3.8) is 0 Å². The first-order valence-electron chi connectivity index (χ1n) is 21.0. The molecule has 0 bridgehead atoms. The maximum atomic E-state index is 15.9. The first-order chi connectivity index (χ1) is 30.1. The minimum absolute atomic E-state index is 0.00259. The molecule has 0 radical (unpaired) electrons. The highest BCUT2D eigenvalue weighted by Crippen LogP contribution is 2.56. The van der Waals surface area contributed by atoms with Crippen molar-refractivity contribution in [2.24, 2.45) is 16.2 Å². The van der Waals surface area contributed by atoms with Crippen LogP contribution in [0, 0.1) is 50.5 Å². The number of carbonyl (C=O) groups is 2. The molecule has 0 spiro atoms. The van der Waals surface area contributed by atoms with E-state index in [1.807, 2.05) is 54.5 Å². The fourth-order valence-corrected chi connectivity index (χ4v) is 10.3. The first kappa shape index (κ1) is 48.5. The zero-order chi connectivity index (χ0) is 46.8. The number of nitrogens with zero attached hydrogens (tertiary/aromatic N) is 2. The lowest BCUT2D eigenvalue weighted by atomic mass is 9.49. The fraction of sp³-hybridized carbons (Fsp3) is 0.429. The van der Waals surface area contributed by atoms with E-state index in [4.69, 9.17) is 49.0 Å². The van der Waals surface area contributed by atoms with Gasteiger partial charge in [0.1, 0.15) is 47.3 Å². The van der Waals surface area contributed by atoms with Crippen molar-refractivity contribution in [3.05, 3.63) is 128 Å². The highest BCUT2D eigenvalue weighted by atomic mass is 35.5. The number of amides is 2. The Bertz CT molecular complexity index is 2450. The highest BCUT2D eigenvalue weighted by molar-refractivity contribution is 6.32. The van der Waals surface area contributed by atoms with E-state index in [9.17, 15) is 20.1 Å². The minimum atomic E-state index is -1.74. The standard InChI is InChI=1S/C49H52Cl3F2N5O5/c1-46(2,3)25-38-49(27-56,34-18-14-30(50)23-37(34)53)39(33-9-8-10-35(51)40(33)54)41(58-38)43(61)57-19-20-62-21-22-63-31-15-11-28(12-16-31)42(60)59-44-47(4,5)45(48(44,6)7)64-32-17-13-29(26-55)36(52)24-32/h8-18,23-24,38-39,41,44-45,58H,19-22,25H2,1-7H3,(H,57,61)(H,59,60)/t38-,39-,41+,44?,45?,49-/m0/s1. The third-order valence-electron chi connectivity index (χ3n) is 12.3. The first-order valence-corrected chi connectivity index (χ1v) is 22.1. The number of nitriles is 2. The van der Waals surface area contributed by atoms with Crippen LogP contribution < -0.4 is 25.4 Å². The number of hydrogen-bond acceptors (Lipinski definition) is 8. The van der Waals surface area contributed by atoms with Gasteiger partial charge in [0.2, 0.25) is 5.91 Å². The van der Waals surface area contributed by atoms with E-state index in [0.717, 1.165) is 6.07 Å². The molecule has 15 heteroatoms. The lowest BCUT2D eigenvalue weighted by Gasteiger charge is -2.63. The van der Waals surface area contributed by atoms with Gasteiger partial charge in [0.05, 0.1) is 40.9 Å². The van der Waals surface area contributed by atoms with E-state index in [2.05, 4.69) is 22.0 Å². The van der Waals surface area contributed by atoms with E-state index >= 15 is 8.78 Å². The van der Waals surface area contributed by atoms with Crippen molar-refractivity contribution in [3.8, 4) is 23.6 Å². The van der Waals surface area contributed by atoms with Crippen LogP contribution in [0.2, 0.25) is 15.1 Å². The molecular formula is C49H52Cl3F2N5O5. The van der Waals surface area contributed by atoms with Gasteiger partial charge in [-0.2, -0.15) is 10.5 Å². The predicted octanol–water partition coefficient (Wildman–Crippen LogP) is 9.94. The Labute approximate surface area is 388 Å². The summed E-state index contributed by atoms with van der Waals surface area (Å²) in [4.78, 5) is 27.4. The van der Waals surface area contributed by atoms with Gasteiger partial charge in [0.15, 0.2) is 0 Å². The van der Waals surface area contributed by atoms with Gasteiger partial charge in [0, 0.05) is 57.6 Å². The Morgan fingerprint density at radius 3 is 2.17 bits per heavy atom. The van der Waals surface area contributed by atoms with Crippen LogP contribution in [0.4, 0.5) is 8.78 Å². The number of nitrogens with one attached hydrogen (secondary N) is 3. The van der Waals surface area contributed by atoms with Gasteiger partial charge in [-0.15, -0.1) is 0 Å². The third-order valence-corrected chi connectivity index (χ3v) is 13.2. The maximum absolute atomic E-state index is 15.9. The lowest BCUT2D eigenvalue weighted by Crippen LogP contribution is -2.74. The SMILES string of the molecule is CC(C)(C)C[C@@H]1N[C@@H](C(=O)NCCOCCOc2ccc(C(=O)NC3C(C)(C)C(Oc4ccc(C#N)c(Cl)c4)C3(C)C)cc2)[C@H](c2cccc(Cl)c2F)[C@@]1(C#N)c1ccc(Cl)cc1F. The zero-order valence-electron chi connectivity index (χ0n) is 36.8. The molecule has 4 aromatic rings. The monoisotopic (exact) mass is 933 g/mol. The molecule has 1 saturated heterocycles. The van der Waals surface area contributed by atoms with Crippen molar-refractivity contribution in [2.45, 2.75) is 90.4 Å². The molecule has 3 N–H and O–H groups in total. The van der Waals surface area contributed by atoms with Crippen LogP contribution in [0.25, 0.3) is 0 Å². The molecule has 338 valence electrons.